The Kier molecular flexibility index (Phi) is 8.37. The highest BCUT2D eigenvalue weighted by atomic mass is 16.5. The molecule has 108 valence electrons. The van der Waals surface area contributed by atoms with Gasteiger partial charge in [0.15, 0.2) is 0 Å². The Balaban J connectivity index is 2.28. The second-order valence-electron chi connectivity index (χ2n) is 4.64. The zero-order valence-electron chi connectivity index (χ0n) is 12.0. The van der Waals surface area contributed by atoms with Crippen LogP contribution in [0.4, 0.5) is 0 Å². The van der Waals surface area contributed by atoms with Gasteiger partial charge in [0.25, 0.3) is 0 Å². The van der Waals surface area contributed by atoms with Gasteiger partial charge in [-0.2, -0.15) is 0 Å². The van der Waals surface area contributed by atoms with Crippen molar-refractivity contribution in [3.05, 3.63) is 35.9 Å². The first-order valence-corrected chi connectivity index (χ1v) is 6.95. The van der Waals surface area contributed by atoms with E-state index in [1.165, 1.54) is 5.56 Å². The van der Waals surface area contributed by atoms with Crippen molar-refractivity contribution >= 4 is 5.78 Å². The molecule has 0 saturated heterocycles. The van der Waals surface area contributed by atoms with Crippen LogP contribution < -0.4 is 0 Å². The molecular weight excluding hydrogens is 252 g/mol. The van der Waals surface area contributed by atoms with Gasteiger partial charge in [-0.05, 0) is 30.7 Å². The van der Waals surface area contributed by atoms with Gasteiger partial charge in [0.1, 0.15) is 0 Å². The summed E-state index contributed by atoms with van der Waals surface area (Å²) < 4.78 is 5.45. The van der Waals surface area contributed by atoms with Crippen LogP contribution in [-0.2, 0) is 16.0 Å². The molecule has 1 aromatic carbocycles. The van der Waals surface area contributed by atoms with E-state index in [1.807, 2.05) is 18.2 Å². The van der Waals surface area contributed by atoms with Crippen molar-refractivity contribution in [2.24, 2.45) is 0 Å². The third-order valence-electron chi connectivity index (χ3n) is 3.03. The Morgan fingerprint density at radius 3 is 2.75 bits per heavy atom. The molecule has 1 unspecified atom stereocenters. The molecule has 0 spiro atoms. The van der Waals surface area contributed by atoms with Crippen molar-refractivity contribution in [3.8, 4) is 11.8 Å². The van der Waals surface area contributed by atoms with E-state index in [-0.39, 0.29) is 18.5 Å². The van der Waals surface area contributed by atoms with Crippen molar-refractivity contribution in [2.75, 3.05) is 13.7 Å². The molecule has 1 N–H and O–H groups in total. The lowest BCUT2D eigenvalue weighted by atomic mass is 10.0. The maximum atomic E-state index is 11.4. The lowest BCUT2D eigenvalue weighted by Gasteiger charge is -2.14. The molecule has 0 amide bonds. The Morgan fingerprint density at radius 2 is 2.10 bits per heavy atom. The lowest BCUT2D eigenvalue weighted by Crippen LogP contribution is -2.14. The van der Waals surface area contributed by atoms with E-state index in [2.05, 4.69) is 24.0 Å². The number of ketones is 1. The van der Waals surface area contributed by atoms with E-state index in [0.29, 0.717) is 12.8 Å². The summed E-state index contributed by atoms with van der Waals surface area (Å²) in [5.74, 6) is 5.12. The first-order chi connectivity index (χ1) is 9.76. The molecule has 3 heteroatoms. The number of benzene rings is 1. The summed E-state index contributed by atoms with van der Waals surface area (Å²) in [6, 6.07) is 10.2. The molecule has 1 atom stereocenters. The second kappa shape index (κ2) is 10.2. The van der Waals surface area contributed by atoms with Crippen molar-refractivity contribution in [2.45, 2.75) is 38.2 Å². The number of carbonyl (C=O) groups is 1. The van der Waals surface area contributed by atoms with Gasteiger partial charge >= 0.3 is 0 Å². The van der Waals surface area contributed by atoms with Gasteiger partial charge in [0.05, 0.1) is 12.7 Å². The van der Waals surface area contributed by atoms with Crippen molar-refractivity contribution in [3.63, 3.8) is 0 Å². The molecule has 0 aliphatic rings. The number of rotatable bonds is 8. The monoisotopic (exact) mass is 274 g/mol. The molecule has 1 aromatic rings. The fourth-order valence-corrected chi connectivity index (χ4v) is 1.95. The van der Waals surface area contributed by atoms with Gasteiger partial charge in [-0.15, -0.1) is 0 Å². The van der Waals surface area contributed by atoms with Crippen LogP contribution in [0.25, 0.3) is 0 Å². The number of hydrogen-bond donors (Lipinski definition) is 1. The van der Waals surface area contributed by atoms with Crippen molar-refractivity contribution < 1.29 is 14.6 Å². The minimum atomic E-state index is -0.0620. The number of aliphatic hydroxyl groups excluding tert-OH is 1. The molecule has 20 heavy (non-hydrogen) atoms. The molecule has 0 radical (unpaired) electrons. The van der Waals surface area contributed by atoms with E-state index in [1.54, 1.807) is 7.11 Å². The molecular formula is C17H22O3. The standard InChI is InChI=1S/C17H22O3/c1-20-17(14-15-8-3-2-4-9-15)12-7-11-16(19)10-5-6-13-18/h2-4,8-9,17-18H,6-7,11-14H2,1H3. The summed E-state index contributed by atoms with van der Waals surface area (Å²) in [6.07, 6.45) is 3.43. The normalized spacial score (nSPS) is 11.5. The highest BCUT2D eigenvalue weighted by Gasteiger charge is 2.09. The van der Waals surface area contributed by atoms with Crippen LogP contribution in [-0.4, -0.2) is 30.7 Å². The van der Waals surface area contributed by atoms with Gasteiger partial charge in [0, 0.05) is 20.0 Å². The maximum Gasteiger partial charge on any atom is 0.205 e. The number of methoxy groups -OCH3 is 1. The Morgan fingerprint density at radius 1 is 1.35 bits per heavy atom. The SMILES string of the molecule is COC(CCCC(=O)C#CCCO)Cc1ccccc1. The summed E-state index contributed by atoms with van der Waals surface area (Å²) in [6.45, 7) is 0.00308. The van der Waals surface area contributed by atoms with Gasteiger partial charge < -0.3 is 9.84 Å². The smallest absolute Gasteiger partial charge is 0.205 e. The average molecular weight is 274 g/mol. The topological polar surface area (TPSA) is 46.5 Å². The van der Waals surface area contributed by atoms with E-state index in [9.17, 15) is 4.79 Å². The van der Waals surface area contributed by atoms with Gasteiger partial charge in [-0.25, -0.2) is 0 Å². The third kappa shape index (κ3) is 7.08. The van der Waals surface area contributed by atoms with Crippen LogP contribution >= 0.6 is 0 Å². The van der Waals surface area contributed by atoms with Crippen molar-refractivity contribution in [1.29, 1.82) is 0 Å². The Hall–Kier alpha value is -1.63. The number of ether oxygens (including phenoxy) is 1. The summed E-state index contributed by atoms with van der Waals surface area (Å²) in [5.41, 5.74) is 1.24. The van der Waals surface area contributed by atoms with E-state index < -0.39 is 0 Å². The maximum absolute atomic E-state index is 11.4. The summed E-state index contributed by atoms with van der Waals surface area (Å²) in [4.78, 5) is 11.4. The van der Waals surface area contributed by atoms with Gasteiger partial charge in [-0.3, -0.25) is 4.79 Å². The summed E-state index contributed by atoms with van der Waals surface area (Å²) in [5, 5.41) is 8.57. The zero-order chi connectivity index (χ0) is 14.6. The quantitative estimate of drug-likeness (QED) is 0.585. The van der Waals surface area contributed by atoms with E-state index >= 15 is 0 Å². The van der Waals surface area contributed by atoms with Crippen molar-refractivity contribution in [1.82, 2.24) is 0 Å². The molecule has 0 bridgehead atoms. The lowest BCUT2D eigenvalue weighted by molar-refractivity contribution is -0.114. The highest BCUT2D eigenvalue weighted by molar-refractivity contribution is 5.95. The summed E-state index contributed by atoms with van der Waals surface area (Å²) >= 11 is 0. The molecule has 0 heterocycles. The van der Waals surface area contributed by atoms with Crippen LogP contribution in [0.2, 0.25) is 0 Å². The Labute approximate surface area is 121 Å². The fourth-order valence-electron chi connectivity index (χ4n) is 1.95. The van der Waals surface area contributed by atoms with E-state index in [4.69, 9.17) is 9.84 Å². The first-order valence-electron chi connectivity index (χ1n) is 6.95. The molecule has 3 nitrogen and oxygen atoms in total. The number of Topliss-reactive ketones (excluding diaryl/α,β-unsaturated/α-hetero) is 1. The van der Waals surface area contributed by atoms with E-state index in [0.717, 1.165) is 19.3 Å². The highest BCUT2D eigenvalue weighted by Crippen LogP contribution is 2.11. The number of aliphatic hydroxyl groups is 1. The minimum Gasteiger partial charge on any atom is -0.395 e. The van der Waals surface area contributed by atoms with Crippen LogP contribution in [0.1, 0.15) is 31.2 Å². The van der Waals surface area contributed by atoms with Crippen LogP contribution in [0.3, 0.4) is 0 Å². The third-order valence-corrected chi connectivity index (χ3v) is 3.03. The molecule has 0 aromatic heterocycles. The van der Waals surface area contributed by atoms with Crippen LogP contribution in [0, 0.1) is 11.8 Å². The first kappa shape index (κ1) is 16.4. The van der Waals surface area contributed by atoms with Crippen LogP contribution in [0.15, 0.2) is 30.3 Å². The largest absolute Gasteiger partial charge is 0.395 e. The fraction of sp³-hybridized carbons (Fsp3) is 0.471. The average Bonchev–Trinajstić information content (AvgIpc) is 2.47. The second-order valence-corrected chi connectivity index (χ2v) is 4.64. The molecule has 0 fully saturated rings. The number of hydrogen-bond acceptors (Lipinski definition) is 3. The van der Waals surface area contributed by atoms with Crippen LogP contribution in [0.5, 0.6) is 0 Å². The zero-order valence-corrected chi connectivity index (χ0v) is 12.0. The number of carbonyl (C=O) groups excluding carboxylic acids is 1. The predicted octanol–water partition coefficient (Wildman–Crippen LogP) is 2.37. The van der Waals surface area contributed by atoms with Gasteiger partial charge in [0.2, 0.25) is 5.78 Å². The molecule has 0 aliphatic carbocycles. The molecule has 0 saturated carbocycles. The Bertz CT molecular complexity index is 442. The molecule has 1 rings (SSSR count). The van der Waals surface area contributed by atoms with Gasteiger partial charge in [-0.1, -0.05) is 36.3 Å². The minimum absolute atomic E-state index is 0.00308. The molecule has 0 aliphatic heterocycles. The summed E-state index contributed by atoms with van der Waals surface area (Å²) in [7, 11) is 1.70. The predicted molar refractivity (Wildman–Crippen MR) is 79.3 cm³/mol.